The normalized spacial score (nSPS) is 35.5. The average Bonchev–Trinajstić information content (AvgIpc) is 2.57. The Morgan fingerprint density at radius 2 is 2.25 bits per heavy atom. The molecular weight excluding hydrogens is 252 g/mol. The first-order valence-corrected chi connectivity index (χ1v) is 7.09. The van der Waals surface area contributed by atoms with Crippen LogP contribution in [-0.2, 0) is 10.0 Å². The van der Waals surface area contributed by atoms with Gasteiger partial charge in [-0.2, -0.15) is 0 Å². The van der Waals surface area contributed by atoms with Gasteiger partial charge in [-0.05, 0) is 18.9 Å². The number of nitrogens with zero attached hydrogens (tertiary/aromatic N) is 1. The van der Waals surface area contributed by atoms with Gasteiger partial charge in [-0.25, -0.2) is 12.7 Å². The molecule has 0 amide bonds. The van der Waals surface area contributed by atoms with E-state index in [0.717, 1.165) is 19.5 Å². The van der Waals surface area contributed by atoms with E-state index in [9.17, 15) is 13.5 Å². The molecule has 2 atom stereocenters. The van der Waals surface area contributed by atoms with Crippen LogP contribution >= 0.6 is 12.4 Å². The van der Waals surface area contributed by atoms with Crippen molar-refractivity contribution in [2.45, 2.75) is 6.42 Å². The van der Waals surface area contributed by atoms with Gasteiger partial charge in [0.15, 0.2) is 0 Å². The third kappa shape index (κ3) is 2.36. The van der Waals surface area contributed by atoms with E-state index in [4.69, 9.17) is 0 Å². The Hall–Kier alpha value is 0.120. The third-order valence-corrected chi connectivity index (χ3v) is 4.93. The van der Waals surface area contributed by atoms with Crippen LogP contribution in [0.1, 0.15) is 6.42 Å². The second-order valence-corrected chi connectivity index (χ2v) is 6.72. The summed E-state index contributed by atoms with van der Waals surface area (Å²) in [5.74, 6) is 0.304. The van der Waals surface area contributed by atoms with Crippen molar-refractivity contribution in [3.8, 4) is 0 Å². The highest BCUT2D eigenvalue weighted by atomic mass is 35.5. The number of hydrogen-bond acceptors (Lipinski definition) is 4. The van der Waals surface area contributed by atoms with Crippen molar-refractivity contribution in [3.05, 3.63) is 0 Å². The van der Waals surface area contributed by atoms with Crippen molar-refractivity contribution in [3.63, 3.8) is 0 Å². The zero-order chi connectivity index (χ0) is 11.1. The summed E-state index contributed by atoms with van der Waals surface area (Å²) in [5, 5.41) is 12.7. The summed E-state index contributed by atoms with van der Waals surface area (Å²) in [6.45, 7) is 2.74. The highest BCUT2D eigenvalue weighted by Crippen LogP contribution is 2.40. The molecule has 0 unspecified atom stereocenters. The van der Waals surface area contributed by atoms with Gasteiger partial charge < -0.3 is 10.4 Å². The molecule has 2 saturated heterocycles. The standard InChI is InChI=1S/C9H18N2O3S.ClH/c1-15(13,14)11-4-8-2-3-10-5-9(8,6-11)7-12;/h8,10,12H,2-7H2,1H3;1H/t8-,9+;/m0./s1. The van der Waals surface area contributed by atoms with Crippen LogP contribution in [0.4, 0.5) is 0 Å². The summed E-state index contributed by atoms with van der Waals surface area (Å²) in [6, 6.07) is 0. The summed E-state index contributed by atoms with van der Waals surface area (Å²) in [5.41, 5.74) is -0.249. The largest absolute Gasteiger partial charge is 0.396 e. The lowest BCUT2D eigenvalue weighted by molar-refractivity contribution is 0.0734. The highest BCUT2D eigenvalue weighted by Gasteiger charge is 2.49. The number of sulfonamides is 1. The van der Waals surface area contributed by atoms with Crippen LogP contribution in [0.3, 0.4) is 0 Å². The maximum atomic E-state index is 11.5. The van der Waals surface area contributed by atoms with Crippen LogP contribution in [0.2, 0.25) is 0 Å². The molecule has 96 valence electrons. The number of halogens is 1. The first-order valence-electron chi connectivity index (χ1n) is 5.25. The number of aliphatic hydroxyl groups excluding tert-OH is 1. The predicted octanol–water partition coefficient (Wildman–Crippen LogP) is -0.728. The molecule has 0 saturated carbocycles. The Kier molecular flexibility index (Phi) is 4.23. The van der Waals surface area contributed by atoms with Crippen molar-refractivity contribution in [1.29, 1.82) is 0 Å². The Morgan fingerprint density at radius 1 is 1.56 bits per heavy atom. The maximum absolute atomic E-state index is 11.5. The van der Waals surface area contributed by atoms with Gasteiger partial charge in [-0.3, -0.25) is 0 Å². The SMILES string of the molecule is CS(=O)(=O)N1C[C@@H]2CCNC[C@]2(CO)C1.Cl. The number of aliphatic hydroxyl groups is 1. The minimum absolute atomic E-state index is 0. The molecule has 0 aromatic heterocycles. The van der Waals surface area contributed by atoms with Gasteiger partial charge in [0.2, 0.25) is 10.0 Å². The second kappa shape index (κ2) is 4.78. The maximum Gasteiger partial charge on any atom is 0.211 e. The highest BCUT2D eigenvalue weighted by molar-refractivity contribution is 7.88. The molecule has 2 fully saturated rings. The number of piperidine rings is 1. The zero-order valence-corrected chi connectivity index (χ0v) is 11.0. The van der Waals surface area contributed by atoms with Gasteiger partial charge in [0.05, 0.1) is 12.9 Å². The minimum atomic E-state index is -3.11. The van der Waals surface area contributed by atoms with Crippen LogP contribution in [0.25, 0.3) is 0 Å². The van der Waals surface area contributed by atoms with Crippen molar-refractivity contribution < 1.29 is 13.5 Å². The molecule has 0 bridgehead atoms. The quantitative estimate of drug-likeness (QED) is 0.694. The van der Waals surface area contributed by atoms with Gasteiger partial charge in [-0.15, -0.1) is 12.4 Å². The fourth-order valence-electron chi connectivity index (χ4n) is 2.68. The topological polar surface area (TPSA) is 69.6 Å². The third-order valence-electron chi connectivity index (χ3n) is 3.71. The van der Waals surface area contributed by atoms with Crippen LogP contribution in [0.15, 0.2) is 0 Å². The van der Waals surface area contributed by atoms with Crippen molar-refractivity contribution >= 4 is 22.4 Å². The molecule has 2 aliphatic rings. The zero-order valence-electron chi connectivity index (χ0n) is 9.35. The molecule has 0 radical (unpaired) electrons. The molecule has 2 heterocycles. The van der Waals surface area contributed by atoms with Crippen LogP contribution in [0.5, 0.6) is 0 Å². The lowest BCUT2D eigenvalue weighted by Crippen LogP contribution is -2.48. The summed E-state index contributed by atoms with van der Waals surface area (Å²) < 4.78 is 24.4. The molecule has 5 nitrogen and oxygen atoms in total. The van der Waals surface area contributed by atoms with E-state index in [1.54, 1.807) is 0 Å². The smallest absolute Gasteiger partial charge is 0.211 e. The van der Waals surface area contributed by atoms with Crippen LogP contribution in [0, 0.1) is 11.3 Å². The fraction of sp³-hybridized carbons (Fsp3) is 1.00. The molecule has 0 aromatic carbocycles. The molecule has 2 aliphatic heterocycles. The van der Waals surface area contributed by atoms with E-state index in [0.29, 0.717) is 19.0 Å². The molecular formula is C9H19ClN2O3S. The summed E-state index contributed by atoms with van der Waals surface area (Å²) >= 11 is 0. The van der Waals surface area contributed by atoms with E-state index in [2.05, 4.69) is 5.32 Å². The summed E-state index contributed by atoms with van der Waals surface area (Å²) in [6.07, 6.45) is 2.19. The number of nitrogens with one attached hydrogen (secondary N) is 1. The minimum Gasteiger partial charge on any atom is -0.396 e. The molecule has 2 N–H and O–H groups in total. The van der Waals surface area contributed by atoms with E-state index < -0.39 is 10.0 Å². The molecule has 0 spiro atoms. The number of hydrogen-bond donors (Lipinski definition) is 2. The molecule has 16 heavy (non-hydrogen) atoms. The van der Waals surface area contributed by atoms with Gasteiger partial charge in [-0.1, -0.05) is 0 Å². The Balaban J connectivity index is 0.00000128. The van der Waals surface area contributed by atoms with Gasteiger partial charge in [0.25, 0.3) is 0 Å². The molecule has 0 aromatic rings. The summed E-state index contributed by atoms with van der Waals surface area (Å²) in [7, 11) is -3.11. The van der Waals surface area contributed by atoms with Crippen molar-refractivity contribution in [2.75, 3.05) is 39.0 Å². The van der Waals surface area contributed by atoms with E-state index in [1.807, 2.05) is 0 Å². The van der Waals surface area contributed by atoms with Crippen molar-refractivity contribution in [2.24, 2.45) is 11.3 Å². The molecule has 0 aliphatic carbocycles. The lowest BCUT2D eigenvalue weighted by Gasteiger charge is -2.37. The predicted molar refractivity (Wildman–Crippen MR) is 64.2 cm³/mol. The van der Waals surface area contributed by atoms with Crippen LogP contribution < -0.4 is 5.32 Å². The van der Waals surface area contributed by atoms with Crippen LogP contribution in [-0.4, -0.2) is 56.9 Å². The molecule has 7 heteroatoms. The fourth-order valence-corrected chi connectivity index (χ4v) is 3.63. The van der Waals surface area contributed by atoms with E-state index >= 15 is 0 Å². The average molecular weight is 271 g/mol. The van der Waals surface area contributed by atoms with Gasteiger partial charge in [0.1, 0.15) is 0 Å². The Bertz CT molecular complexity index is 349. The second-order valence-electron chi connectivity index (χ2n) is 4.74. The monoisotopic (exact) mass is 270 g/mol. The first kappa shape index (κ1) is 14.2. The van der Waals surface area contributed by atoms with Crippen molar-refractivity contribution in [1.82, 2.24) is 9.62 Å². The van der Waals surface area contributed by atoms with Gasteiger partial charge in [0, 0.05) is 25.0 Å². The van der Waals surface area contributed by atoms with Gasteiger partial charge >= 0.3 is 0 Å². The number of rotatable bonds is 2. The number of fused-ring (bicyclic) bond motifs is 1. The lowest BCUT2D eigenvalue weighted by atomic mass is 9.75. The Morgan fingerprint density at radius 3 is 2.75 bits per heavy atom. The van der Waals surface area contributed by atoms with E-state index in [1.165, 1.54) is 10.6 Å². The molecule has 2 rings (SSSR count). The first-order chi connectivity index (χ1) is 6.98. The Labute approximate surface area is 103 Å². The van der Waals surface area contributed by atoms with E-state index in [-0.39, 0.29) is 24.4 Å². The summed E-state index contributed by atoms with van der Waals surface area (Å²) in [4.78, 5) is 0.